The maximum absolute atomic E-state index is 12.4. The molecule has 1 aliphatic carbocycles. The van der Waals surface area contributed by atoms with Crippen molar-refractivity contribution in [3.63, 3.8) is 0 Å². The molecule has 0 bridgehead atoms. The second kappa shape index (κ2) is 6.45. The Hall–Kier alpha value is -1.66. The van der Waals surface area contributed by atoms with E-state index in [-0.39, 0.29) is 5.91 Å². The van der Waals surface area contributed by atoms with E-state index in [1.165, 1.54) is 12.8 Å². The summed E-state index contributed by atoms with van der Waals surface area (Å²) in [6.07, 6.45) is 4.66. The Bertz CT molecular complexity index is 703. The van der Waals surface area contributed by atoms with Crippen molar-refractivity contribution < 1.29 is 9.53 Å². The van der Waals surface area contributed by atoms with E-state index in [0.29, 0.717) is 6.04 Å². The van der Waals surface area contributed by atoms with Gasteiger partial charge in [-0.1, -0.05) is 24.2 Å². The second-order valence-corrected chi connectivity index (χ2v) is 7.24. The number of nitrogens with zero attached hydrogens (tertiary/aromatic N) is 2. The summed E-state index contributed by atoms with van der Waals surface area (Å²) >= 11 is 1.66. The van der Waals surface area contributed by atoms with E-state index in [4.69, 9.17) is 9.72 Å². The van der Waals surface area contributed by atoms with Gasteiger partial charge in [0.15, 0.2) is 5.13 Å². The third-order valence-corrected chi connectivity index (χ3v) is 5.69. The number of carbonyl (C=O) groups excluding carboxylic acids is 1. The molecule has 2 heterocycles. The Morgan fingerprint density at radius 2 is 2.04 bits per heavy atom. The summed E-state index contributed by atoms with van der Waals surface area (Å²) < 4.78 is 6.47. The third-order valence-electron chi connectivity index (χ3n) is 4.61. The largest absolute Gasteiger partial charge is 0.378 e. The average Bonchev–Trinajstić information content (AvgIpc) is 3.24. The van der Waals surface area contributed by atoms with Crippen LogP contribution in [0.25, 0.3) is 10.2 Å². The number of carbonyl (C=O) groups is 1. The summed E-state index contributed by atoms with van der Waals surface area (Å²) in [7, 11) is 0. The van der Waals surface area contributed by atoms with Gasteiger partial charge in [0.25, 0.3) is 5.91 Å². The van der Waals surface area contributed by atoms with Crippen LogP contribution in [0.5, 0.6) is 0 Å². The number of nitrogens with one attached hydrogen (secondary N) is 1. The van der Waals surface area contributed by atoms with Crippen molar-refractivity contribution in [3.8, 4) is 0 Å². The number of fused-ring (bicyclic) bond motifs is 1. The SMILES string of the molecule is O=C(NC1CCCC1)c1ccc2nc(N3CCOCC3)sc2c1. The van der Waals surface area contributed by atoms with Crippen LogP contribution in [0.3, 0.4) is 0 Å². The molecule has 2 fully saturated rings. The fourth-order valence-corrected chi connectivity index (χ4v) is 4.34. The van der Waals surface area contributed by atoms with Crippen LogP contribution < -0.4 is 10.2 Å². The first kappa shape index (κ1) is 14.9. The fourth-order valence-electron chi connectivity index (χ4n) is 3.28. The highest BCUT2D eigenvalue weighted by molar-refractivity contribution is 7.22. The highest BCUT2D eigenvalue weighted by atomic mass is 32.1. The van der Waals surface area contributed by atoms with E-state index < -0.39 is 0 Å². The van der Waals surface area contributed by atoms with Crippen LogP contribution in [0.15, 0.2) is 18.2 Å². The van der Waals surface area contributed by atoms with Crippen molar-refractivity contribution in [2.75, 3.05) is 31.2 Å². The van der Waals surface area contributed by atoms with Gasteiger partial charge in [-0.25, -0.2) is 4.98 Å². The molecule has 1 saturated heterocycles. The molecule has 122 valence electrons. The van der Waals surface area contributed by atoms with Crippen molar-refractivity contribution in [1.82, 2.24) is 10.3 Å². The van der Waals surface area contributed by atoms with E-state index >= 15 is 0 Å². The van der Waals surface area contributed by atoms with Gasteiger partial charge >= 0.3 is 0 Å². The van der Waals surface area contributed by atoms with E-state index in [1.807, 2.05) is 18.2 Å². The second-order valence-electron chi connectivity index (χ2n) is 6.23. The maximum atomic E-state index is 12.4. The molecular formula is C17H21N3O2S. The minimum atomic E-state index is 0.0418. The summed E-state index contributed by atoms with van der Waals surface area (Å²) in [5.41, 5.74) is 1.70. The molecule has 6 heteroatoms. The molecule has 1 N–H and O–H groups in total. The van der Waals surface area contributed by atoms with E-state index in [9.17, 15) is 4.79 Å². The molecule has 0 unspecified atom stereocenters. The van der Waals surface area contributed by atoms with Crippen molar-refractivity contribution in [3.05, 3.63) is 23.8 Å². The lowest BCUT2D eigenvalue weighted by atomic mass is 10.1. The topological polar surface area (TPSA) is 54.5 Å². The lowest BCUT2D eigenvalue weighted by molar-refractivity contribution is 0.0938. The normalized spacial score (nSPS) is 19.4. The highest BCUT2D eigenvalue weighted by Gasteiger charge is 2.19. The zero-order valence-electron chi connectivity index (χ0n) is 13.1. The minimum absolute atomic E-state index is 0.0418. The molecule has 0 spiro atoms. The van der Waals surface area contributed by atoms with E-state index in [0.717, 1.165) is 60.1 Å². The van der Waals surface area contributed by atoms with E-state index in [1.54, 1.807) is 11.3 Å². The molecule has 2 aliphatic rings. The fraction of sp³-hybridized carbons (Fsp3) is 0.529. The van der Waals surface area contributed by atoms with Gasteiger partial charge in [0.2, 0.25) is 0 Å². The molecule has 0 atom stereocenters. The summed E-state index contributed by atoms with van der Waals surface area (Å²) in [6.45, 7) is 3.28. The van der Waals surface area contributed by atoms with Crippen molar-refractivity contribution >= 4 is 32.6 Å². The summed E-state index contributed by atoms with van der Waals surface area (Å²) in [5, 5.41) is 4.17. The third kappa shape index (κ3) is 3.19. The van der Waals surface area contributed by atoms with Crippen molar-refractivity contribution in [1.29, 1.82) is 0 Å². The maximum Gasteiger partial charge on any atom is 0.251 e. The van der Waals surface area contributed by atoms with Crippen LogP contribution >= 0.6 is 11.3 Å². The molecule has 1 saturated carbocycles. The van der Waals surface area contributed by atoms with Gasteiger partial charge in [-0.15, -0.1) is 0 Å². The van der Waals surface area contributed by atoms with E-state index in [2.05, 4.69) is 10.2 Å². The number of hydrogen-bond acceptors (Lipinski definition) is 5. The van der Waals surface area contributed by atoms with Crippen LogP contribution in [-0.4, -0.2) is 43.2 Å². The molecule has 0 radical (unpaired) electrons. The first-order valence-corrected chi connectivity index (χ1v) is 9.15. The predicted molar refractivity (Wildman–Crippen MR) is 92.4 cm³/mol. The van der Waals surface area contributed by atoms with Crippen LogP contribution in [-0.2, 0) is 4.74 Å². The summed E-state index contributed by atoms with van der Waals surface area (Å²) in [5.74, 6) is 0.0418. The predicted octanol–water partition coefficient (Wildman–Crippen LogP) is 2.81. The molecule has 1 amide bonds. The Labute approximate surface area is 139 Å². The number of rotatable bonds is 3. The number of benzene rings is 1. The average molecular weight is 331 g/mol. The number of amides is 1. The zero-order valence-corrected chi connectivity index (χ0v) is 13.9. The number of morpholine rings is 1. The van der Waals surface area contributed by atoms with Gasteiger partial charge in [-0.2, -0.15) is 0 Å². The van der Waals surface area contributed by atoms with Crippen molar-refractivity contribution in [2.24, 2.45) is 0 Å². The summed E-state index contributed by atoms with van der Waals surface area (Å²) in [4.78, 5) is 19.4. The van der Waals surface area contributed by atoms with Gasteiger partial charge in [0.05, 0.1) is 23.4 Å². The van der Waals surface area contributed by atoms with Crippen LogP contribution in [0.1, 0.15) is 36.0 Å². The number of hydrogen-bond donors (Lipinski definition) is 1. The summed E-state index contributed by atoms with van der Waals surface area (Å²) in [6, 6.07) is 6.17. The standard InChI is InChI=1S/C17H21N3O2S/c21-16(18-13-3-1-2-4-13)12-5-6-14-15(11-12)23-17(19-14)20-7-9-22-10-8-20/h5-6,11,13H,1-4,7-10H2,(H,18,21). The zero-order chi connectivity index (χ0) is 15.6. The smallest absolute Gasteiger partial charge is 0.251 e. The number of anilines is 1. The monoisotopic (exact) mass is 331 g/mol. The first-order valence-electron chi connectivity index (χ1n) is 8.34. The Balaban J connectivity index is 1.53. The minimum Gasteiger partial charge on any atom is -0.378 e. The number of thiazole rings is 1. The highest BCUT2D eigenvalue weighted by Crippen LogP contribution is 2.30. The number of aromatic nitrogens is 1. The van der Waals surface area contributed by atoms with Gasteiger partial charge in [-0.3, -0.25) is 4.79 Å². The quantitative estimate of drug-likeness (QED) is 0.940. The number of ether oxygens (including phenoxy) is 1. The van der Waals surface area contributed by atoms with Crippen LogP contribution in [0, 0.1) is 0 Å². The van der Waals surface area contributed by atoms with Gasteiger partial charge < -0.3 is 15.0 Å². The molecule has 5 nitrogen and oxygen atoms in total. The van der Waals surface area contributed by atoms with Gasteiger partial charge in [-0.05, 0) is 31.0 Å². The molecule has 2 aromatic rings. The molecular weight excluding hydrogens is 310 g/mol. The molecule has 1 aromatic heterocycles. The molecule has 4 rings (SSSR count). The van der Waals surface area contributed by atoms with Gasteiger partial charge in [0.1, 0.15) is 0 Å². The Kier molecular flexibility index (Phi) is 4.18. The molecule has 1 aromatic carbocycles. The van der Waals surface area contributed by atoms with Gasteiger partial charge in [0, 0.05) is 24.7 Å². The Morgan fingerprint density at radius 1 is 1.26 bits per heavy atom. The molecule has 23 heavy (non-hydrogen) atoms. The van der Waals surface area contributed by atoms with Crippen molar-refractivity contribution in [2.45, 2.75) is 31.7 Å². The Morgan fingerprint density at radius 3 is 2.83 bits per heavy atom. The lowest BCUT2D eigenvalue weighted by Gasteiger charge is -2.25. The lowest BCUT2D eigenvalue weighted by Crippen LogP contribution is -2.36. The molecule has 1 aliphatic heterocycles. The van der Waals surface area contributed by atoms with Crippen LogP contribution in [0.4, 0.5) is 5.13 Å². The van der Waals surface area contributed by atoms with Crippen LogP contribution in [0.2, 0.25) is 0 Å². The first-order chi connectivity index (χ1) is 11.3.